The Labute approximate surface area is 176 Å². The fourth-order valence-corrected chi connectivity index (χ4v) is 4.03. The summed E-state index contributed by atoms with van der Waals surface area (Å²) in [6.45, 7) is 6.30. The molecule has 30 heavy (non-hydrogen) atoms. The summed E-state index contributed by atoms with van der Waals surface area (Å²) in [5.41, 5.74) is 4.22. The summed E-state index contributed by atoms with van der Waals surface area (Å²) in [5, 5.41) is 2.94. The monoisotopic (exact) mass is 409 g/mol. The Morgan fingerprint density at radius 2 is 2.00 bits per heavy atom. The minimum Gasteiger partial charge on any atom is -0.369 e. The summed E-state index contributed by atoms with van der Waals surface area (Å²) in [6.07, 6.45) is 5.79. The lowest BCUT2D eigenvalue weighted by Crippen LogP contribution is -2.44. The third-order valence-electron chi connectivity index (χ3n) is 6.00. The Bertz CT molecular complexity index is 952. The van der Waals surface area contributed by atoms with Crippen molar-refractivity contribution in [2.75, 3.05) is 43.4 Å². The summed E-state index contributed by atoms with van der Waals surface area (Å²) in [7, 11) is 2.14. The number of nitrogens with zero attached hydrogens (tertiary/aromatic N) is 4. The quantitative estimate of drug-likeness (QED) is 0.778. The molecule has 2 aromatic rings. The van der Waals surface area contributed by atoms with Gasteiger partial charge in [-0.3, -0.25) is 4.79 Å². The van der Waals surface area contributed by atoms with Crippen molar-refractivity contribution in [1.82, 2.24) is 14.9 Å². The van der Waals surface area contributed by atoms with Gasteiger partial charge in [0.25, 0.3) is 5.91 Å². The van der Waals surface area contributed by atoms with Crippen LogP contribution in [0.4, 0.5) is 15.8 Å². The smallest absolute Gasteiger partial charge is 0.309 e. The number of piperazine rings is 1. The van der Waals surface area contributed by atoms with Crippen molar-refractivity contribution in [3.63, 3.8) is 0 Å². The summed E-state index contributed by atoms with van der Waals surface area (Å²) >= 11 is 0. The molecule has 1 unspecified atom stereocenters. The number of hydrogen-bond donors (Lipinski definition) is 1. The lowest BCUT2D eigenvalue weighted by Gasteiger charge is -2.34. The van der Waals surface area contributed by atoms with Gasteiger partial charge in [-0.1, -0.05) is 13.0 Å². The first-order valence-electron chi connectivity index (χ1n) is 10.6. The zero-order valence-electron chi connectivity index (χ0n) is 17.6. The number of benzene rings is 1. The topological polar surface area (TPSA) is 61.4 Å². The van der Waals surface area contributed by atoms with Gasteiger partial charge in [0.1, 0.15) is 5.69 Å². The Morgan fingerprint density at radius 1 is 1.20 bits per heavy atom. The van der Waals surface area contributed by atoms with Crippen LogP contribution in [0.25, 0.3) is 5.57 Å². The Balaban J connectivity index is 1.64. The normalized spacial score (nSPS) is 20.0. The number of allylic oxidation sites excluding steroid dienone is 2. The molecule has 1 aromatic carbocycles. The number of rotatable bonds is 4. The summed E-state index contributed by atoms with van der Waals surface area (Å²) in [6, 6.07) is 7.61. The number of halogens is 1. The molecule has 1 atom stereocenters. The fourth-order valence-electron chi connectivity index (χ4n) is 4.03. The SMILES string of the molecule is CC1CC=C(c2cc(N3CCN(C)CC3)ccc2NC(=O)c2ccnc(F)n2)CC1. The highest BCUT2D eigenvalue weighted by Crippen LogP contribution is 2.36. The van der Waals surface area contributed by atoms with Crippen LogP contribution in [-0.2, 0) is 0 Å². The maximum atomic E-state index is 13.3. The molecule has 1 N–H and O–H groups in total. The van der Waals surface area contributed by atoms with E-state index in [2.05, 4.69) is 57.3 Å². The maximum absolute atomic E-state index is 13.3. The predicted octanol–water partition coefficient (Wildman–Crippen LogP) is 3.82. The Kier molecular flexibility index (Phi) is 6.08. The Hall–Kier alpha value is -2.80. The number of anilines is 2. The maximum Gasteiger partial charge on any atom is 0.309 e. The number of nitrogens with one attached hydrogen (secondary N) is 1. The molecule has 1 aliphatic heterocycles. The van der Waals surface area contributed by atoms with Crippen LogP contribution in [0.3, 0.4) is 0 Å². The lowest BCUT2D eigenvalue weighted by atomic mass is 9.87. The molecule has 1 aromatic heterocycles. The number of likely N-dealkylation sites (N-methyl/N-ethyl adjacent to an activating group) is 1. The van der Waals surface area contributed by atoms with E-state index in [1.165, 1.54) is 23.5 Å². The van der Waals surface area contributed by atoms with Gasteiger partial charge >= 0.3 is 6.08 Å². The van der Waals surface area contributed by atoms with Crippen LogP contribution >= 0.6 is 0 Å². The number of carbonyl (C=O) groups is 1. The molecule has 0 spiro atoms. The zero-order chi connectivity index (χ0) is 21.1. The van der Waals surface area contributed by atoms with E-state index in [1.54, 1.807) is 0 Å². The first-order valence-corrected chi connectivity index (χ1v) is 10.6. The van der Waals surface area contributed by atoms with Crippen molar-refractivity contribution in [3.8, 4) is 0 Å². The molecule has 158 valence electrons. The highest BCUT2D eigenvalue weighted by Gasteiger charge is 2.20. The summed E-state index contributed by atoms with van der Waals surface area (Å²) < 4.78 is 13.3. The van der Waals surface area contributed by atoms with Gasteiger partial charge in [0.05, 0.1) is 0 Å². The summed E-state index contributed by atoms with van der Waals surface area (Å²) in [5.74, 6) is 0.242. The van der Waals surface area contributed by atoms with E-state index in [0.29, 0.717) is 5.92 Å². The second-order valence-electron chi connectivity index (χ2n) is 8.29. The van der Waals surface area contributed by atoms with Crippen LogP contribution in [0.5, 0.6) is 0 Å². The highest BCUT2D eigenvalue weighted by atomic mass is 19.1. The average Bonchev–Trinajstić information content (AvgIpc) is 2.75. The van der Waals surface area contributed by atoms with E-state index < -0.39 is 12.0 Å². The molecule has 4 rings (SSSR count). The summed E-state index contributed by atoms with van der Waals surface area (Å²) in [4.78, 5) is 24.4. The second-order valence-corrected chi connectivity index (χ2v) is 8.29. The third-order valence-corrected chi connectivity index (χ3v) is 6.00. The van der Waals surface area contributed by atoms with Crippen LogP contribution in [0.2, 0.25) is 0 Å². The van der Waals surface area contributed by atoms with Crippen molar-refractivity contribution in [3.05, 3.63) is 53.9 Å². The standard InChI is InChI=1S/C23H28FN5O/c1-16-3-5-17(6-4-16)19-15-18(29-13-11-28(2)12-14-29)7-8-20(19)26-22(30)21-9-10-25-23(24)27-21/h5,7-10,15-16H,3-4,6,11-14H2,1-2H3,(H,26,30). The van der Waals surface area contributed by atoms with Gasteiger partial charge in [-0.2, -0.15) is 9.37 Å². The van der Waals surface area contributed by atoms with Crippen LogP contribution < -0.4 is 10.2 Å². The van der Waals surface area contributed by atoms with E-state index in [4.69, 9.17) is 0 Å². The zero-order valence-corrected chi connectivity index (χ0v) is 17.6. The van der Waals surface area contributed by atoms with E-state index in [-0.39, 0.29) is 5.69 Å². The number of hydrogen-bond acceptors (Lipinski definition) is 5. The molecule has 0 bridgehead atoms. The van der Waals surface area contributed by atoms with Gasteiger partial charge in [-0.15, -0.1) is 0 Å². The minimum atomic E-state index is -0.905. The van der Waals surface area contributed by atoms with Gasteiger partial charge in [-0.05, 0) is 62.1 Å². The van der Waals surface area contributed by atoms with Gasteiger partial charge in [0.2, 0.25) is 0 Å². The van der Waals surface area contributed by atoms with Crippen LogP contribution in [0, 0.1) is 12.0 Å². The van der Waals surface area contributed by atoms with E-state index in [0.717, 1.165) is 56.7 Å². The molecular weight excluding hydrogens is 381 g/mol. The van der Waals surface area contributed by atoms with Crippen molar-refractivity contribution >= 4 is 22.9 Å². The molecular formula is C23H28FN5O. The van der Waals surface area contributed by atoms with Gasteiger partial charge < -0.3 is 15.1 Å². The van der Waals surface area contributed by atoms with Crippen LogP contribution in [0.1, 0.15) is 42.2 Å². The molecule has 0 radical (unpaired) electrons. The molecule has 0 saturated carbocycles. The van der Waals surface area contributed by atoms with Crippen molar-refractivity contribution in [1.29, 1.82) is 0 Å². The van der Waals surface area contributed by atoms with Gasteiger partial charge in [0, 0.05) is 49.3 Å². The molecule has 1 saturated heterocycles. The molecule has 7 heteroatoms. The first-order chi connectivity index (χ1) is 14.5. The van der Waals surface area contributed by atoms with Crippen molar-refractivity contribution in [2.24, 2.45) is 5.92 Å². The number of amides is 1. The molecule has 1 amide bonds. The highest BCUT2D eigenvalue weighted by molar-refractivity contribution is 6.04. The van der Waals surface area contributed by atoms with Gasteiger partial charge in [-0.25, -0.2) is 4.98 Å². The first kappa shape index (κ1) is 20.5. The molecule has 1 fully saturated rings. The van der Waals surface area contributed by atoms with Crippen molar-refractivity contribution < 1.29 is 9.18 Å². The number of carbonyl (C=O) groups excluding carboxylic acids is 1. The fraction of sp³-hybridized carbons (Fsp3) is 0.435. The van der Waals surface area contributed by atoms with Crippen LogP contribution in [-0.4, -0.2) is 54.0 Å². The van der Waals surface area contributed by atoms with Gasteiger partial charge in [0.15, 0.2) is 0 Å². The van der Waals surface area contributed by atoms with Crippen molar-refractivity contribution in [2.45, 2.75) is 26.2 Å². The van der Waals surface area contributed by atoms with E-state index >= 15 is 0 Å². The van der Waals surface area contributed by atoms with Crippen LogP contribution in [0.15, 0.2) is 36.5 Å². The third kappa shape index (κ3) is 4.67. The largest absolute Gasteiger partial charge is 0.369 e. The average molecular weight is 410 g/mol. The molecule has 2 aliphatic rings. The minimum absolute atomic E-state index is 0.0165. The molecule has 1 aliphatic carbocycles. The predicted molar refractivity (Wildman–Crippen MR) is 117 cm³/mol. The van der Waals surface area contributed by atoms with E-state index in [9.17, 15) is 9.18 Å². The van der Waals surface area contributed by atoms with E-state index in [1.807, 2.05) is 6.07 Å². The lowest BCUT2D eigenvalue weighted by molar-refractivity contribution is 0.102. The molecule has 6 nitrogen and oxygen atoms in total. The Morgan fingerprint density at radius 3 is 2.70 bits per heavy atom. The second kappa shape index (κ2) is 8.92. The number of aromatic nitrogens is 2. The molecule has 2 heterocycles.